The van der Waals surface area contributed by atoms with Gasteiger partial charge >= 0.3 is 0 Å². The normalized spacial score (nSPS) is 20.7. The standard InChI is InChI=1S/C32H38N6O/c1-6-21(2)28(20-37-30-15-23(4)34-38(30)29-14-10-9-13-27(29)32(37)39)33-31(26-12-8-7-11-22(26)3)36-18-24-16-35(5)17-25(24)19-36/h7-15,24-25H,6,16-20H2,1-5H3/b28-21+,33-31?. The fourth-order valence-electron chi connectivity index (χ4n) is 6.37. The van der Waals surface area contributed by atoms with Gasteiger partial charge in [0.15, 0.2) is 0 Å². The Morgan fingerprint density at radius 2 is 1.69 bits per heavy atom. The number of hydrogen-bond donors (Lipinski definition) is 0. The first-order valence-electron chi connectivity index (χ1n) is 14.1. The molecule has 2 atom stereocenters. The van der Waals surface area contributed by atoms with Gasteiger partial charge in [0.05, 0.1) is 28.8 Å². The van der Waals surface area contributed by atoms with Crippen molar-refractivity contribution in [3.05, 3.63) is 93.0 Å². The maximum atomic E-state index is 13.9. The molecule has 2 aromatic heterocycles. The van der Waals surface area contributed by atoms with E-state index in [0.29, 0.717) is 23.8 Å². The first kappa shape index (κ1) is 25.6. The fraction of sp³-hybridized carbons (Fsp3) is 0.406. The Labute approximate surface area is 230 Å². The van der Waals surface area contributed by atoms with Gasteiger partial charge in [-0.05, 0) is 63.8 Å². The second kappa shape index (κ2) is 10.1. The van der Waals surface area contributed by atoms with Crippen LogP contribution in [0.2, 0.25) is 0 Å². The van der Waals surface area contributed by atoms with Crippen molar-refractivity contribution < 1.29 is 0 Å². The van der Waals surface area contributed by atoms with Gasteiger partial charge < -0.3 is 9.80 Å². The number of likely N-dealkylation sites (tertiary alicyclic amines) is 2. The predicted molar refractivity (Wildman–Crippen MR) is 158 cm³/mol. The number of aliphatic imine (C=N–C) groups is 1. The summed E-state index contributed by atoms with van der Waals surface area (Å²) < 4.78 is 3.75. The fourth-order valence-corrected chi connectivity index (χ4v) is 6.37. The van der Waals surface area contributed by atoms with Gasteiger partial charge in [0.2, 0.25) is 0 Å². The summed E-state index contributed by atoms with van der Waals surface area (Å²) >= 11 is 0. The minimum absolute atomic E-state index is 0.00853. The van der Waals surface area contributed by atoms with E-state index in [1.807, 2.05) is 46.3 Å². The van der Waals surface area contributed by atoms with Crippen LogP contribution < -0.4 is 5.56 Å². The number of hydrogen-bond acceptors (Lipinski definition) is 4. The zero-order valence-corrected chi connectivity index (χ0v) is 23.7. The van der Waals surface area contributed by atoms with Gasteiger partial charge in [-0.1, -0.05) is 48.9 Å². The van der Waals surface area contributed by atoms with E-state index in [2.05, 4.69) is 61.9 Å². The molecule has 7 heteroatoms. The molecule has 2 saturated heterocycles. The molecule has 202 valence electrons. The quantitative estimate of drug-likeness (QED) is 0.277. The smallest absolute Gasteiger partial charge is 0.262 e. The van der Waals surface area contributed by atoms with Crippen molar-refractivity contribution in [2.75, 3.05) is 33.2 Å². The summed E-state index contributed by atoms with van der Waals surface area (Å²) in [7, 11) is 2.23. The molecule has 7 nitrogen and oxygen atoms in total. The molecule has 0 radical (unpaired) electrons. The number of fused-ring (bicyclic) bond motifs is 4. The number of amidine groups is 1. The van der Waals surface area contributed by atoms with Gasteiger partial charge in [-0.15, -0.1) is 0 Å². The van der Waals surface area contributed by atoms with E-state index in [1.54, 1.807) is 0 Å². The largest absolute Gasteiger partial charge is 0.355 e. The number of rotatable bonds is 5. The Morgan fingerprint density at radius 3 is 2.41 bits per heavy atom. The van der Waals surface area contributed by atoms with E-state index in [4.69, 9.17) is 10.1 Å². The minimum Gasteiger partial charge on any atom is -0.355 e. The number of nitrogens with zero attached hydrogens (tertiary/aromatic N) is 6. The van der Waals surface area contributed by atoms with Crippen LogP contribution in [0, 0.1) is 25.7 Å². The molecule has 2 fully saturated rings. The maximum absolute atomic E-state index is 13.9. The third-order valence-electron chi connectivity index (χ3n) is 8.62. The van der Waals surface area contributed by atoms with E-state index >= 15 is 0 Å². The minimum atomic E-state index is -0.00853. The second-order valence-corrected chi connectivity index (χ2v) is 11.4. The van der Waals surface area contributed by atoms with E-state index in [0.717, 1.165) is 61.0 Å². The summed E-state index contributed by atoms with van der Waals surface area (Å²) in [6, 6.07) is 18.3. The lowest BCUT2D eigenvalue weighted by Crippen LogP contribution is -2.34. The molecule has 2 aromatic carbocycles. The summed E-state index contributed by atoms with van der Waals surface area (Å²) in [6.45, 7) is 13.2. The SMILES string of the molecule is CC/C(C)=C(\Cn1c(=O)c2ccccc2n2nc(C)cc12)N=C(c1ccccc1C)N1CC2CN(C)CC2C1. The Hall–Kier alpha value is -3.71. The van der Waals surface area contributed by atoms with E-state index in [1.165, 1.54) is 16.7 Å². The molecule has 2 aliphatic heterocycles. The third-order valence-corrected chi connectivity index (χ3v) is 8.62. The zero-order valence-electron chi connectivity index (χ0n) is 23.7. The Kier molecular flexibility index (Phi) is 6.63. The second-order valence-electron chi connectivity index (χ2n) is 11.4. The highest BCUT2D eigenvalue weighted by atomic mass is 16.1. The number of allylic oxidation sites excluding steroid dienone is 2. The summed E-state index contributed by atoms with van der Waals surface area (Å²) in [4.78, 5) is 24.3. The van der Waals surface area contributed by atoms with Gasteiger partial charge in [-0.25, -0.2) is 9.51 Å². The van der Waals surface area contributed by atoms with Crippen molar-refractivity contribution in [1.82, 2.24) is 24.0 Å². The monoisotopic (exact) mass is 522 g/mol. The molecule has 4 aromatic rings. The lowest BCUT2D eigenvalue weighted by atomic mass is 10.0. The molecule has 0 spiro atoms. The predicted octanol–water partition coefficient (Wildman–Crippen LogP) is 4.89. The zero-order chi connectivity index (χ0) is 27.3. The lowest BCUT2D eigenvalue weighted by molar-refractivity contribution is 0.348. The summed E-state index contributed by atoms with van der Waals surface area (Å²) in [5.74, 6) is 2.37. The van der Waals surface area contributed by atoms with E-state index < -0.39 is 0 Å². The van der Waals surface area contributed by atoms with Crippen molar-refractivity contribution in [2.24, 2.45) is 16.8 Å². The first-order chi connectivity index (χ1) is 18.8. The van der Waals surface area contributed by atoms with Crippen LogP contribution in [0.3, 0.4) is 0 Å². The molecule has 0 saturated carbocycles. The average Bonchev–Trinajstić information content (AvgIpc) is 3.61. The van der Waals surface area contributed by atoms with Crippen LogP contribution in [-0.4, -0.2) is 63.0 Å². The van der Waals surface area contributed by atoms with Crippen molar-refractivity contribution in [2.45, 2.75) is 40.7 Å². The average molecular weight is 523 g/mol. The van der Waals surface area contributed by atoms with Crippen LogP contribution in [-0.2, 0) is 6.54 Å². The van der Waals surface area contributed by atoms with Crippen molar-refractivity contribution >= 4 is 22.4 Å². The molecular formula is C32H38N6O. The van der Waals surface area contributed by atoms with E-state index in [9.17, 15) is 4.79 Å². The van der Waals surface area contributed by atoms with Crippen LogP contribution >= 0.6 is 0 Å². The van der Waals surface area contributed by atoms with Gasteiger partial charge in [-0.3, -0.25) is 9.36 Å². The highest BCUT2D eigenvalue weighted by Crippen LogP contribution is 2.32. The third kappa shape index (κ3) is 4.59. The number of aryl methyl sites for hydroxylation is 2. The number of benzene rings is 2. The molecule has 2 unspecified atom stereocenters. The topological polar surface area (TPSA) is 58.1 Å². The highest BCUT2D eigenvalue weighted by molar-refractivity contribution is 6.01. The molecule has 0 bridgehead atoms. The van der Waals surface area contributed by atoms with Gasteiger partial charge in [-0.2, -0.15) is 5.10 Å². The molecule has 39 heavy (non-hydrogen) atoms. The van der Waals surface area contributed by atoms with Crippen LogP contribution in [0.4, 0.5) is 0 Å². The molecule has 0 aliphatic carbocycles. The molecule has 0 amide bonds. The van der Waals surface area contributed by atoms with Gasteiger partial charge in [0.25, 0.3) is 5.56 Å². The maximum Gasteiger partial charge on any atom is 0.262 e. The van der Waals surface area contributed by atoms with Crippen molar-refractivity contribution in [3.8, 4) is 0 Å². The van der Waals surface area contributed by atoms with Gasteiger partial charge in [0.1, 0.15) is 11.5 Å². The Morgan fingerprint density at radius 1 is 1.00 bits per heavy atom. The summed E-state index contributed by atoms with van der Waals surface area (Å²) in [5, 5.41) is 5.40. The van der Waals surface area contributed by atoms with E-state index in [-0.39, 0.29) is 5.56 Å². The van der Waals surface area contributed by atoms with Crippen molar-refractivity contribution in [3.63, 3.8) is 0 Å². The first-order valence-corrected chi connectivity index (χ1v) is 14.1. The summed E-state index contributed by atoms with van der Waals surface area (Å²) in [6.07, 6.45) is 0.868. The molecule has 6 rings (SSSR count). The highest BCUT2D eigenvalue weighted by Gasteiger charge is 2.40. The molecule has 0 N–H and O–H groups in total. The number of aromatic nitrogens is 3. The Bertz CT molecular complexity index is 1660. The van der Waals surface area contributed by atoms with Crippen LogP contribution in [0.1, 0.15) is 37.1 Å². The molecule has 2 aliphatic rings. The molecule has 4 heterocycles. The lowest BCUT2D eigenvalue weighted by Gasteiger charge is -2.25. The van der Waals surface area contributed by atoms with Crippen molar-refractivity contribution in [1.29, 1.82) is 0 Å². The van der Waals surface area contributed by atoms with Crippen LogP contribution in [0.15, 0.2) is 75.7 Å². The van der Waals surface area contributed by atoms with Crippen LogP contribution in [0.25, 0.3) is 16.6 Å². The van der Waals surface area contributed by atoms with Gasteiger partial charge in [0, 0.05) is 37.8 Å². The summed E-state index contributed by atoms with van der Waals surface area (Å²) in [5.41, 5.74) is 7.03. The Balaban J connectivity index is 1.49. The van der Waals surface area contributed by atoms with Crippen LogP contribution in [0.5, 0.6) is 0 Å². The number of para-hydroxylation sites is 1. The molecular weight excluding hydrogens is 484 g/mol.